The molecule has 110 valence electrons. The summed E-state index contributed by atoms with van der Waals surface area (Å²) < 4.78 is 0. The van der Waals surface area contributed by atoms with Gasteiger partial charge in [0, 0.05) is 22.2 Å². The van der Waals surface area contributed by atoms with Gasteiger partial charge in [0.1, 0.15) is 0 Å². The number of hydrogen-bond donors (Lipinski definition) is 2. The van der Waals surface area contributed by atoms with Gasteiger partial charge < -0.3 is 10.4 Å². The highest BCUT2D eigenvalue weighted by atomic mass is 35.5. The summed E-state index contributed by atoms with van der Waals surface area (Å²) in [6.07, 6.45) is 3.89. The highest BCUT2D eigenvalue weighted by Crippen LogP contribution is 2.30. The molecule has 0 radical (unpaired) electrons. The number of benzene rings is 1. The third kappa shape index (κ3) is 3.87. The molecular formula is C15H19Cl2NO2. The molecule has 2 rings (SSSR count). The molecule has 0 bridgehead atoms. The minimum Gasteiger partial charge on any atom is -0.481 e. The van der Waals surface area contributed by atoms with E-state index < -0.39 is 5.97 Å². The van der Waals surface area contributed by atoms with Crippen LogP contribution in [0.3, 0.4) is 0 Å². The minimum atomic E-state index is -0.674. The summed E-state index contributed by atoms with van der Waals surface area (Å²) in [5.74, 6) is -0.701. The van der Waals surface area contributed by atoms with E-state index in [1.165, 1.54) is 0 Å². The Morgan fingerprint density at radius 2 is 1.90 bits per heavy atom. The van der Waals surface area contributed by atoms with Crippen molar-refractivity contribution in [3.8, 4) is 0 Å². The Morgan fingerprint density at radius 3 is 2.55 bits per heavy atom. The van der Waals surface area contributed by atoms with Gasteiger partial charge in [-0.3, -0.25) is 4.79 Å². The van der Waals surface area contributed by atoms with Gasteiger partial charge in [0.25, 0.3) is 0 Å². The average Bonchev–Trinajstić information content (AvgIpc) is 2.42. The van der Waals surface area contributed by atoms with Crippen molar-refractivity contribution in [1.82, 2.24) is 5.32 Å². The maximum atomic E-state index is 11.2. The lowest BCUT2D eigenvalue weighted by Crippen LogP contribution is -2.34. The lowest BCUT2D eigenvalue weighted by atomic mass is 9.79. The molecule has 0 aliphatic heterocycles. The van der Waals surface area contributed by atoms with Crippen molar-refractivity contribution in [2.45, 2.75) is 32.2 Å². The minimum absolute atomic E-state index is 0.197. The average molecular weight is 316 g/mol. The van der Waals surface area contributed by atoms with Crippen LogP contribution >= 0.6 is 23.2 Å². The van der Waals surface area contributed by atoms with Crippen LogP contribution in [0.4, 0.5) is 0 Å². The summed E-state index contributed by atoms with van der Waals surface area (Å²) in [5, 5.41) is 13.8. The molecule has 2 atom stereocenters. The molecule has 0 saturated heterocycles. The number of hydrogen-bond acceptors (Lipinski definition) is 2. The van der Waals surface area contributed by atoms with Crippen molar-refractivity contribution >= 4 is 29.2 Å². The van der Waals surface area contributed by atoms with E-state index in [0.29, 0.717) is 23.1 Å². The number of carbonyl (C=O) groups is 1. The normalized spacial score (nSPS) is 22.7. The Morgan fingerprint density at radius 1 is 1.25 bits per heavy atom. The van der Waals surface area contributed by atoms with E-state index >= 15 is 0 Å². The van der Waals surface area contributed by atoms with E-state index in [-0.39, 0.29) is 11.8 Å². The summed E-state index contributed by atoms with van der Waals surface area (Å²) in [6, 6.07) is 5.44. The second kappa shape index (κ2) is 7.30. The predicted molar refractivity (Wildman–Crippen MR) is 81.3 cm³/mol. The standard InChI is InChI=1S/C15H19Cl2NO2/c16-13-6-3-7-14(17)12(13)9-18-8-10-4-1-2-5-11(10)15(19)20/h3,6-7,10-11,18H,1-2,4-5,8-9H2,(H,19,20). The van der Waals surface area contributed by atoms with Gasteiger partial charge >= 0.3 is 5.97 Å². The zero-order valence-corrected chi connectivity index (χ0v) is 12.8. The number of rotatable bonds is 5. The topological polar surface area (TPSA) is 49.3 Å². The Bertz CT molecular complexity index is 459. The lowest BCUT2D eigenvalue weighted by Gasteiger charge is -2.28. The first-order chi connectivity index (χ1) is 9.59. The first-order valence-electron chi connectivity index (χ1n) is 6.96. The fourth-order valence-corrected chi connectivity index (χ4v) is 3.39. The quantitative estimate of drug-likeness (QED) is 0.864. The van der Waals surface area contributed by atoms with Gasteiger partial charge in [0.05, 0.1) is 5.92 Å². The molecule has 1 aliphatic carbocycles. The van der Waals surface area contributed by atoms with Crippen LogP contribution in [-0.2, 0) is 11.3 Å². The second-order valence-corrected chi connectivity index (χ2v) is 6.13. The van der Waals surface area contributed by atoms with Crippen molar-refractivity contribution in [2.24, 2.45) is 11.8 Å². The van der Waals surface area contributed by atoms with E-state index in [0.717, 1.165) is 31.2 Å². The molecule has 0 aromatic heterocycles. The predicted octanol–water partition coefficient (Wildman–Crippen LogP) is 3.97. The van der Waals surface area contributed by atoms with E-state index in [9.17, 15) is 9.90 Å². The summed E-state index contributed by atoms with van der Waals surface area (Å²) in [6.45, 7) is 1.26. The van der Waals surface area contributed by atoms with Gasteiger partial charge in [-0.2, -0.15) is 0 Å². The second-order valence-electron chi connectivity index (χ2n) is 5.32. The van der Waals surface area contributed by atoms with Crippen molar-refractivity contribution in [2.75, 3.05) is 6.54 Å². The highest BCUT2D eigenvalue weighted by molar-refractivity contribution is 6.35. The van der Waals surface area contributed by atoms with E-state index in [1.807, 2.05) is 18.2 Å². The number of aliphatic carboxylic acids is 1. The zero-order chi connectivity index (χ0) is 14.5. The molecule has 0 heterocycles. The Labute approximate surface area is 129 Å². The summed E-state index contributed by atoms with van der Waals surface area (Å²) in [4.78, 5) is 11.2. The molecule has 3 nitrogen and oxygen atoms in total. The smallest absolute Gasteiger partial charge is 0.306 e. The first kappa shape index (κ1) is 15.6. The van der Waals surface area contributed by atoms with Gasteiger partial charge in [-0.25, -0.2) is 0 Å². The molecular weight excluding hydrogens is 297 g/mol. The summed E-state index contributed by atoms with van der Waals surface area (Å²) >= 11 is 12.2. The first-order valence-corrected chi connectivity index (χ1v) is 7.71. The molecule has 1 aromatic rings. The van der Waals surface area contributed by atoms with Crippen molar-refractivity contribution in [3.63, 3.8) is 0 Å². The fourth-order valence-electron chi connectivity index (χ4n) is 2.86. The Balaban J connectivity index is 1.90. The third-order valence-corrected chi connectivity index (χ3v) is 4.70. The van der Waals surface area contributed by atoms with Crippen LogP contribution in [0.2, 0.25) is 10.0 Å². The molecule has 20 heavy (non-hydrogen) atoms. The van der Waals surface area contributed by atoms with Crippen molar-refractivity contribution in [3.05, 3.63) is 33.8 Å². The molecule has 0 spiro atoms. The molecule has 5 heteroatoms. The van der Waals surface area contributed by atoms with E-state index in [4.69, 9.17) is 23.2 Å². The number of carboxylic acids is 1. The summed E-state index contributed by atoms with van der Waals surface area (Å²) in [7, 11) is 0. The highest BCUT2D eigenvalue weighted by Gasteiger charge is 2.30. The monoisotopic (exact) mass is 315 g/mol. The lowest BCUT2D eigenvalue weighted by molar-refractivity contribution is -0.144. The number of carboxylic acid groups (broad SMARTS) is 1. The molecule has 1 saturated carbocycles. The van der Waals surface area contributed by atoms with Crippen LogP contribution in [0, 0.1) is 11.8 Å². The van der Waals surface area contributed by atoms with Crippen LogP contribution in [0.1, 0.15) is 31.2 Å². The maximum Gasteiger partial charge on any atom is 0.306 e. The van der Waals surface area contributed by atoms with Crippen LogP contribution in [-0.4, -0.2) is 17.6 Å². The Hall–Kier alpha value is -0.770. The third-order valence-electron chi connectivity index (χ3n) is 4.00. The fraction of sp³-hybridized carbons (Fsp3) is 0.533. The van der Waals surface area contributed by atoms with Crippen LogP contribution in [0.25, 0.3) is 0 Å². The molecule has 1 aromatic carbocycles. The van der Waals surface area contributed by atoms with E-state index in [1.54, 1.807) is 0 Å². The largest absolute Gasteiger partial charge is 0.481 e. The maximum absolute atomic E-state index is 11.2. The SMILES string of the molecule is O=C(O)C1CCCCC1CNCc1c(Cl)cccc1Cl. The van der Waals surface area contributed by atoms with Crippen molar-refractivity contribution < 1.29 is 9.90 Å². The van der Waals surface area contributed by atoms with Gasteiger partial charge in [-0.05, 0) is 37.4 Å². The Kier molecular flexibility index (Phi) is 5.70. The molecule has 1 fully saturated rings. The van der Waals surface area contributed by atoms with Crippen LogP contribution in [0.5, 0.6) is 0 Å². The zero-order valence-electron chi connectivity index (χ0n) is 11.2. The molecule has 2 unspecified atom stereocenters. The van der Waals surface area contributed by atoms with Crippen LogP contribution < -0.4 is 5.32 Å². The van der Waals surface area contributed by atoms with Gasteiger partial charge in [0.15, 0.2) is 0 Å². The number of halogens is 2. The van der Waals surface area contributed by atoms with Gasteiger partial charge in [-0.15, -0.1) is 0 Å². The summed E-state index contributed by atoms with van der Waals surface area (Å²) in [5.41, 5.74) is 0.874. The van der Waals surface area contributed by atoms with Crippen LogP contribution in [0.15, 0.2) is 18.2 Å². The number of nitrogens with one attached hydrogen (secondary N) is 1. The van der Waals surface area contributed by atoms with E-state index in [2.05, 4.69) is 5.32 Å². The van der Waals surface area contributed by atoms with Gasteiger partial charge in [-0.1, -0.05) is 42.1 Å². The van der Waals surface area contributed by atoms with Crippen molar-refractivity contribution in [1.29, 1.82) is 0 Å². The molecule has 0 amide bonds. The van der Waals surface area contributed by atoms with Gasteiger partial charge in [0.2, 0.25) is 0 Å². The molecule has 2 N–H and O–H groups in total. The molecule has 1 aliphatic rings.